The number of carbonyl (C=O) groups is 3. The van der Waals surface area contributed by atoms with Crippen LogP contribution in [0.5, 0.6) is 69.0 Å². The van der Waals surface area contributed by atoms with Crippen LogP contribution in [-0.2, 0) is 20.8 Å². The molecule has 4 aromatic rings. The van der Waals surface area contributed by atoms with E-state index in [1.165, 1.54) is 60.9 Å². The first kappa shape index (κ1) is 35.9. The van der Waals surface area contributed by atoms with Crippen LogP contribution < -0.4 is 56.8 Å². The molecule has 0 atom stereocenters. The van der Waals surface area contributed by atoms with E-state index in [9.17, 15) is 14.4 Å². The average molecular weight is 777 g/mol. The minimum Gasteiger partial charge on any atom is -0.493 e. The molecule has 0 aromatic heterocycles. The molecule has 0 unspecified atom stereocenters. The van der Waals surface area contributed by atoms with Crippen molar-refractivity contribution >= 4 is 17.9 Å². The molecule has 0 spiro atoms. The summed E-state index contributed by atoms with van der Waals surface area (Å²) < 4.78 is 85.1. The Morgan fingerprint density at radius 3 is 1.09 bits per heavy atom. The number of rotatable bonds is 11. The van der Waals surface area contributed by atoms with Gasteiger partial charge in [0.1, 0.15) is 6.61 Å². The SMILES string of the molecule is COC(=O)c1cc(OC)c2c(c1-c1c(COC(=O)c3cc(OC)c4c(c3-c3c(C(=O)OC)cc(OC)c5c3OCO5)OCO4)cc(OC)c3c1OCO3)OCO2. The molecule has 18 nitrogen and oxygen atoms in total. The van der Waals surface area contributed by atoms with Crippen molar-refractivity contribution in [3.63, 3.8) is 0 Å². The first-order valence-electron chi connectivity index (χ1n) is 16.6. The maximum Gasteiger partial charge on any atom is 0.339 e. The summed E-state index contributed by atoms with van der Waals surface area (Å²) in [5.41, 5.74) is 0.746. The Kier molecular flexibility index (Phi) is 9.15. The van der Waals surface area contributed by atoms with Crippen LogP contribution in [-0.4, -0.2) is 87.7 Å². The first-order valence-corrected chi connectivity index (χ1v) is 16.6. The molecule has 4 aromatic carbocycles. The predicted molar refractivity (Wildman–Crippen MR) is 186 cm³/mol. The van der Waals surface area contributed by atoms with Gasteiger partial charge in [0.05, 0.1) is 59.3 Å². The van der Waals surface area contributed by atoms with E-state index in [2.05, 4.69) is 0 Å². The minimum atomic E-state index is -0.911. The van der Waals surface area contributed by atoms with Crippen LogP contribution in [0, 0.1) is 0 Å². The Hall–Kier alpha value is -7.11. The van der Waals surface area contributed by atoms with E-state index in [-0.39, 0.29) is 135 Å². The third kappa shape index (κ3) is 5.51. The molecule has 4 aliphatic rings. The normalized spacial score (nSPS) is 13.6. The fourth-order valence-electron chi connectivity index (χ4n) is 6.87. The summed E-state index contributed by atoms with van der Waals surface area (Å²) in [5, 5.41) is 0. The third-order valence-corrected chi connectivity index (χ3v) is 9.28. The molecule has 0 N–H and O–H groups in total. The van der Waals surface area contributed by atoms with E-state index in [1.807, 2.05) is 0 Å². The van der Waals surface area contributed by atoms with Gasteiger partial charge in [0.2, 0.25) is 50.2 Å². The van der Waals surface area contributed by atoms with Gasteiger partial charge in [-0.25, -0.2) is 14.4 Å². The number of hydrogen-bond donors (Lipinski definition) is 0. The van der Waals surface area contributed by atoms with Crippen molar-refractivity contribution in [2.45, 2.75) is 6.61 Å². The lowest BCUT2D eigenvalue weighted by atomic mass is 9.91. The Balaban J connectivity index is 1.31. The van der Waals surface area contributed by atoms with Crippen LogP contribution in [0.25, 0.3) is 22.3 Å². The molecule has 0 bridgehead atoms. The highest BCUT2D eigenvalue weighted by Gasteiger charge is 2.40. The largest absolute Gasteiger partial charge is 0.493 e. The molecule has 56 heavy (non-hydrogen) atoms. The second-order valence-electron chi connectivity index (χ2n) is 11.9. The van der Waals surface area contributed by atoms with Crippen molar-refractivity contribution in [3.05, 3.63) is 46.5 Å². The van der Waals surface area contributed by atoms with Crippen molar-refractivity contribution in [1.82, 2.24) is 0 Å². The summed E-state index contributed by atoms with van der Waals surface area (Å²) in [4.78, 5) is 41.3. The lowest BCUT2D eigenvalue weighted by Gasteiger charge is -2.21. The molecule has 0 radical (unpaired) electrons. The van der Waals surface area contributed by atoms with E-state index < -0.39 is 24.5 Å². The highest BCUT2D eigenvalue weighted by Crippen LogP contribution is 2.59. The van der Waals surface area contributed by atoms with Crippen LogP contribution >= 0.6 is 0 Å². The molecule has 8 rings (SSSR count). The quantitative estimate of drug-likeness (QED) is 0.148. The summed E-state index contributed by atoms with van der Waals surface area (Å²) in [6.07, 6.45) is 0. The highest BCUT2D eigenvalue weighted by molar-refractivity contribution is 6.09. The third-order valence-electron chi connectivity index (χ3n) is 9.28. The topological polar surface area (TPSA) is 190 Å². The zero-order chi connectivity index (χ0) is 39.2. The van der Waals surface area contributed by atoms with Gasteiger partial charge in [-0.15, -0.1) is 0 Å². The second kappa shape index (κ2) is 14.3. The van der Waals surface area contributed by atoms with E-state index in [4.69, 9.17) is 71.1 Å². The molecule has 18 heteroatoms. The lowest BCUT2D eigenvalue weighted by molar-refractivity contribution is 0.0471. The molecule has 0 amide bonds. The Morgan fingerprint density at radius 1 is 0.429 bits per heavy atom. The van der Waals surface area contributed by atoms with E-state index in [1.54, 1.807) is 6.07 Å². The summed E-state index contributed by atoms with van der Waals surface area (Å²) in [6.45, 7) is -1.28. The van der Waals surface area contributed by atoms with Gasteiger partial charge in [-0.05, 0) is 24.3 Å². The van der Waals surface area contributed by atoms with Crippen LogP contribution in [0.3, 0.4) is 0 Å². The summed E-state index contributed by atoms with van der Waals surface area (Å²) in [7, 11) is 8.05. The van der Waals surface area contributed by atoms with Crippen molar-refractivity contribution < 1.29 is 85.4 Å². The summed E-state index contributed by atoms with van der Waals surface area (Å²) in [6, 6.07) is 5.80. The number of esters is 3. The standard InChI is InChI=1S/C38H32O18/c1-42-20-7-16(24(32-28(20)49-12-53-32)25-17(36(39)46-5)8-21(43-2)29-33(25)54-13-50-29)11-48-38(41)19-10-23(45-4)31-35(56-15-52-31)27(19)26-18(37(40)47-6)9-22(44-3)30-34(26)55-14-51-30/h7-10H,11-15H2,1-6H3. The number of ether oxygens (including phenoxy) is 15. The Labute approximate surface area is 317 Å². The minimum absolute atomic E-state index is 0.0257. The van der Waals surface area contributed by atoms with Crippen molar-refractivity contribution in [2.75, 3.05) is 69.8 Å². The zero-order valence-electron chi connectivity index (χ0n) is 30.7. The Bertz CT molecular complexity index is 2310. The van der Waals surface area contributed by atoms with Crippen LogP contribution in [0.2, 0.25) is 0 Å². The van der Waals surface area contributed by atoms with Gasteiger partial charge >= 0.3 is 17.9 Å². The fourth-order valence-corrected chi connectivity index (χ4v) is 6.87. The van der Waals surface area contributed by atoms with Crippen LogP contribution in [0.4, 0.5) is 0 Å². The molecule has 4 aliphatic heterocycles. The number of benzene rings is 4. The van der Waals surface area contributed by atoms with Crippen molar-refractivity contribution in [1.29, 1.82) is 0 Å². The average Bonchev–Trinajstić information content (AvgIpc) is 4.07. The van der Waals surface area contributed by atoms with Gasteiger partial charge in [0.15, 0.2) is 46.0 Å². The predicted octanol–water partition coefficient (Wildman–Crippen LogP) is 4.90. The molecule has 292 valence electrons. The van der Waals surface area contributed by atoms with Gasteiger partial charge in [-0.2, -0.15) is 0 Å². The fraction of sp³-hybridized carbons (Fsp3) is 0.289. The number of methoxy groups -OCH3 is 6. The molecule has 4 heterocycles. The van der Waals surface area contributed by atoms with Gasteiger partial charge in [-0.3, -0.25) is 0 Å². The monoisotopic (exact) mass is 776 g/mol. The molecule has 0 saturated heterocycles. The van der Waals surface area contributed by atoms with Gasteiger partial charge < -0.3 is 71.1 Å². The lowest BCUT2D eigenvalue weighted by Crippen LogP contribution is -2.12. The van der Waals surface area contributed by atoms with Gasteiger partial charge in [-0.1, -0.05) is 0 Å². The molecular weight excluding hydrogens is 744 g/mol. The molecule has 0 saturated carbocycles. The molecular formula is C38H32O18. The van der Waals surface area contributed by atoms with Gasteiger partial charge in [0, 0.05) is 27.8 Å². The van der Waals surface area contributed by atoms with E-state index >= 15 is 0 Å². The molecule has 0 fully saturated rings. The van der Waals surface area contributed by atoms with Crippen LogP contribution in [0.15, 0.2) is 24.3 Å². The van der Waals surface area contributed by atoms with E-state index in [0.29, 0.717) is 5.56 Å². The van der Waals surface area contributed by atoms with Crippen molar-refractivity contribution in [2.24, 2.45) is 0 Å². The smallest absolute Gasteiger partial charge is 0.339 e. The van der Waals surface area contributed by atoms with E-state index in [0.717, 1.165) is 0 Å². The second-order valence-corrected chi connectivity index (χ2v) is 11.9. The first-order chi connectivity index (χ1) is 27.3. The number of hydrogen-bond acceptors (Lipinski definition) is 18. The summed E-state index contributed by atoms with van der Waals surface area (Å²) >= 11 is 0. The van der Waals surface area contributed by atoms with Gasteiger partial charge in [0.25, 0.3) is 0 Å². The molecule has 0 aliphatic carbocycles. The van der Waals surface area contributed by atoms with Crippen molar-refractivity contribution in [3.8, 4) is 91.2 Å². The summed E-state index contributed by atoms with van der Waals surface area (Å²) in [5.74, 6) is -0.416. The zero-order valence-corrected chi connectivity index (χ0v) is 30.7. The maximum absolute atomic E-state index is 14.6. The maximum atomic E-state index is 14.6. The Morgan fingerprint density at radius 2 is 0.732 bits per heavy atom. The number of carbonyl (C=O) groups excluding carboxylic acids is 3. The number of fused-ring (bicyclic) bond motifs is 4. The highest BCUT2D eigenvalue weighted by atomic mass is 16.7. The van der Waals surface area contributed by atoms with Crippen LogP contribution in [0.1, 0.15) is 36.6 Å².